The molecule has 0 aliphatic heterocycles. The van der Waals surface area contributed by atoms with Gasteiger partial charge in [-0.15, -0.1) is 0 Å². The molecule has 1 spiro atoms. The van der Waals surface area contributed by atoms with Gasteiger partial charge in [0.2, 0.25) is 11.7 Å². The van der Waals surface area contributed by atoms with Crippen molar-refractivity contribution in [3.63, 3.8) is 0 Å². The van der Waals surface area contributed by atoms with Crippen LogP contribution in [0.25, 0.3) is 11.5 Å². The topological polar surface area (TPSA) is 80.0 Å². The number of oxazole rings is 1. The Morgan fingerprint density at radius 3 is 2.56 bits per heavy atom. The van der Waals surface area contributed by atoms with E-state index in [2.05, 4.69) is 20.6 Å². The van der Waals surface area contributed by atoms with Gasteiger partial charge in [0.25, 0.3) is 5.91 Å². The highest BCUT2D eigenvalue weighted by Gasteiger charge is 2.80. The van der Waals surface area contributed by atoms with Crippen LogP contribution >= 0.6 is 0 Å². The van der Waals surface area contributed by atoms with E-state index < -0.39 is 23.5 Å². The molecule has 3 saturated carbocycles. The lowest BCUT2D eigenvalue weighted by Gasteiger charge is -2.09. The van der Waals surface area contributed by atoms with Crippen molar-refractivity contribution >= 4 is 17.4 Å². The molecule has 9 heteroatoms. The van der Waals surface area contributed by atoms with Crippen molar-refractivity contribution in [2.75, 3.05) is 10.6 Å². The molecular formula is C23H19F3N4O2. The van der Waals surface area contributed by atoms with E-state index in [9.17, 15) is 18.0 Å². The van der Waals surface area contributed by atoms with Gasteiger partial charge in [-0.3, -0.25) is 4.79 Å². The van der Waals surface area contributed by atoms with Gasteiger partial charge in [0.15, 0.2) is 5.69 Å². The maximum atomic E-state index is 13.5. The molecule has 1 aromatic carbocycles. The van der Waals surface area contributed by atoms with Crippen LogP contribution in [-0.2, 0) is 6.18 Å². The predicted molar refractivity (Wildman–Crippen MR) is 110 cm³/mol. The molecule has 4 atom stereocenters. The third-order valence-electron chi connectivity index (χ3n) is 7.03. The molecule has 32 heavy (non-hydrogen) atoms. The van der Waals surface area contributed by atoms with Gasteiger partial charge in [-0.1, -0.05) is 18.2 Å². The first-order chi connectivity index (χ1) is 15.4. The molecule has 164 valence electrons. The first-order valence-electron chi connectivity index (χ1n) is 10.5. The van der Waals surface area contributed by atoms with Crippen LogP contribution in [0, 0.1) is 17.3 Å². The lowest BCUT2D eigenvalue weighted by atomic mass is 10.2. The van der Waals surface area contributed by atoms with Crippen LogP contribution in [0.4, 0.5) is 24.7 Å². The monoisotopic (exact) mass is 440 g/mol. The van der Waals surface area contributed by atoms with Gasteiger partial charge in [-0.2, -0.15) is 13.2 Å². The second kappa shape index (κ2) is 6.57. The number of alkyl halides is 3. The Hall–Kier alpha value is -3.36. The molecule has 0 radical (unpaired) electrons. The van der Waals surface area contributed by atoms with E-state index in [4.69, 9.17) is 4.42 Å². The smallest absolute Gasteiger partial charge is 0.431 e. The molecule has 1 amide bonds. The zero-order valence-electron chi connectivity index (χ0n) is 16.8. The highest BCUT2D eigenvalue weighted by atomic mass is 19.4. The van der Waals surface area contributed by atoms with E-state index in [0.717, 1.165) is 11.8 Å². The number of benzene rings is 1. The lowest BCUT2D eigenvalue weighted by molar-refractivity contribution is -0.153. The summed E-state index contributed by atoms with van der Waals surface area (Å²) in [6.07, 6.45) is 0.455. The summed E-state index contributed by atoms with van der Waals surface area (Å²) in [5.41, 5.74) is 0.294. The first kappa shape index (κ1) is 19.3. The minimum absolute atomic E-state index is 0.270. The Balaban J connectivity index is 1.18. The van der Waals surface area contributed by atoms with Crippen LogP contribution in [0.3, 0.4) is 0 Å². The second-order valence-corrected chi connectivity index (χ2v) is 8.77. The van der Waals surface area contributed by atoms with Crippen molar-refractivity contribution in [2.45, 2.75) is 31.5 Å². The minimum atomic E-state index is -4.86. The summed E-state index contributed by atoms with van der Waals surface area (Å²) in [5.74, 6) is -0.421. The van der Waals surface area contributed by atoms with Gasteiger partial charge in [0, 0.05) is 11.6 Å². The van der Waals surface area contributed by atoms with Gasteiger partial charge in [-0.05, 0) is 60.8 Å². The highest BCUT2D eigenvalue weighted by molar-refractivity contribution is 6.04. The summed E-state index contributed by atoms with van der Waals surface area (Å²) in [5, 5.41) is 5.90. The van der Waals surface area contributed by atoms with Gasteiger partial charge >= 0.3 is 6.18 Å². The number of hydrogen-bond acceptors (Lipinski definition) is 5. The van der Waals surface area contributed by atoms with Gasteiger partial charge in [0.05, 0.1) is 11.9 Å². The summed E-state index contributed by atoms with van der Waals surface area (Å²) in [4.78, 5) is 20.7. The lowest BCUT2D eigenvalue weighted by Crippen LogP contribution is -2.18. The molecule has 0 bridgehead atoms. The summed E-state index contributed by atoms with van der Waals surface area (Å²) >= 11 is 0. The van der Waals surface area contributed by atoms with Crippen molar-refractivity contribution in [3.05, 3.63) is 60.1 Å². The molecule has 3 aliphatic rings. The van der Waals surface area contributed by atoms with E-state index in [1.54, 1.807) is 42.5 Å². The molecule has 4 unspecified atom stereocenters. The standard InChI is InChI=1S/C23H19F3N4O2/c24-23(25,26)19-17(30-21(32-19)12-4-2-1-3-5-12)20(31)28-14-7-9-16(27-11-14)29-18-15-8-6-13-10-22(13,15)18/h1-5,7,9,11,13,15,18H,6,8,10H2,(H,27,29)(H,28,31). The first-order valence-corrected chi connectivity index (χ1v) is 10.5. The van der Waals surface area contributed by atoms with E-state index >= 15 is 0 Å². The van der Waals surface area contributed by atoms with Crippen LogP contribution in [0.1, 0.15) is 35.5 Å². The minimum Gasteiger partial charge on any atom is -0.431 e. The number of aromatic nitrogens is 2. The average molecular weight is 440 g/mol. The van der Waals surface area contributed by atoms with Crippen molar-refractivity contribution in [1.29, 1.82) is 0 Å². The highest BCUT2D eigenvalue weighted by Crippen LogP contribution is 2.82. The van der Waals surface area contributed by atoms with Gasteiger partial charge in [-0.25, -0.2) is 9.97 Å². The maximum Gasteiger partial charge on any atom is 0.452 e. The van der Waals surface area contributed by atoms with Crippen LogP contribution in [0.15, 0.2) is 53.1 Å². The molecule has 0 saturated heterocycles. The predicted octanol–water partition coefficient (Wildman–Crippen LogP) is 5.22. The van der Waals surface area contributed by atoms with E-state index in [-0.39, 0.29) is 11.6 Å². The van der Waals surface area contributed by atoms with Crippen LogP contribution in [0.2, 0.25) is 0 Å². The number of nitrogens with zero attached hydrogens (tertiary/aromatic N) is 2. The zero-order chi connectivity index (χ0) is 22.1. The maximum absolute atomic E-state index is 13.5. The fraction of sp³-hybridized carbons (Fsp3) is 0.348. The normalized spacial score (nSPS) is 27.4. The van der Waals surface area contributed by atoms with Crippen molar-refractivity contribution in [1.82, 2.24) is 9.97 Å². The molecule has 6 nitrogen and oxygen atoms in total. The largest absolute Gasteiger partial charge is 0.452 e. The van der Waals surface area contributed by atoms with E-state index in [1.807, 2.05) is 0 Å². The van der Waals surface area contributed by atoms with E-state index in [0.29, 0.717) is 22.8 Å². The third-order valence-corrected chi connectivity index (χ3v) is 7.03. The molecule has 6 rings (SSSR count). The Morgan fingerprint density at radius 1 is 1.12 bits per heavy atom. The Labute approximate surface area is 181 Å². The van der Waals surface area contributed by atoms with E-state index in [1.165, 1.54) is 25.5 Å². The van der Waals surface area contributed by atoms with Crippen molar-refractivity contribution < 1.29 is 22.4 Å². The summed E-state index contributed by atoms with van der Waals surface area (Å²) in [6.45, 7) is 0. The number of hydrogen-bond donors (Lipinski definition) is 2. The third kappa shape index (κ3) is 2.98. The van der Waals surface area contributed by atoms with Gasteiger partial charge < -0.3 is 15.1 Å². The molecular weight excluding hydrogens is 421 g/mol. The zero-order valence-corrected chi connectivity index (χ0v) is 16.8. The molecule has 3 aromatic rings. The quantitative estimate of drug-likeness (QED) is 0.569. The molecule has 2 aromatic heterocycles. The fourth-order valence-electron chi connectivity index (χ4n) is 5.44. The average Bonchev–Trinajstić information content (AvgIpc) is 3.49. The number of carbonyl (C=O) groups excluding carboxylic acids is 1. The summed E-state index contributed by atoms with van der Waals surface area (Å²) < 4.78 is 45.3. The number of pyridine rings is 1. The second-order valence-electron chi connectivity index (χ2n) is 8.77. The summed E-state index contributed by atoms with van der Waals surface area (Å²) in [6, 6.07) is 11.9. The number of rotatable bonds is 5. The van der Waals surface area contributed by atoms with Crippen molar-refractivity contribution in [3.8, 4) is 11.5 Å². The van der Waals surface area contributed by atoms with Gasteiger partial charge in [0.1, 0.15) is 5.82 Å². The molecule has 3 aliphatic carbocycles. The Kier molecular flexibility index (Phi) is 3.97. The fourth-order valence-corrected chi connectivity index (χ4v) is 5.44. The molecule has 2 heterocycles. The molecule has 2 N–H and O–H groups in total. The number of anilines is 2. The summed E-state index contributed by atoms with van der Waals surface area (Å²) in [7, 11) is 0. The number of carbonyl (C=O) groups is 1. The van der Waals surface area contributed by atoms with Crippen molar-refractivity contribution in [2.24, 2.45) is 17.3 Å². The van der Waals surface area contributed by atoms with Crippen LogP contribution in [0.5, 0.6) is 0 Å². The van der Waals surface area contributed by atoms with Crippen LogP contribution in [-0.4, -0.2) is 21.9 Å². The molecule has 3 fully saturated rings. The number of amides is 1. The Morgan fingerprint density at radius 2 is 1.94 bits per heavy atom. The number of halogens is 3. The Bertz CT molecular complexity index is 1190. The SMILES string of the molecule is O=C(Nc1ccc(NC2C3CCC4CC432)nc1)c1nc(-c2ccccc2)oc1C(F)(F)F. The van der Waals surface area contributed by atoms with Crippen LogP contribution < -0.4 is 10.6 Å². The number of nitrogens with one attached hydrogen (secondary N) is 2.